The van der Waals surface area contributed by atoms with Gasteiger partial charge in [0.1, 0.15) is 0 Å². The summed E-state index contributed by atoms with van der Waals surface area (Å²) in [6.45, 7) is 0. The van der Waals surface area contributed by atoms with Crippen molar-refractivity contribution in [2.24, 2.45) is 0 Å². The summed E-state index contributed by atoms with van der Waals surface area (Å²) in [5.41, 5.74) is 5.48. The van der Waals surface area contributed by atoms with Crippen LogP contribution in [0, 0.1) is 0 Å². The Morgan fingerprint density at radius 2 is 1.17 bits per heavy atom. The molecule has 0 radical (unpaired) electrons. The molecule has 0 amide bonds. The second-order valence-electron chi connectivity index (χ2n) is 11.2. The van der Waals surface area contributed by atoms with Gasteiger partial charge in [0.25, 0.3) is 0 Å². The lowest BCUT2D eigenvalue weighted by atomic mass is 9.97. The highest BCUT2D eigenvalue weighted by Gasteiger charge is 2.17. The summed E-state index contributed by atoms with van der Waals surface area (Å²) in [5, 5.41) is 4.60. The first-order valence-corrected chi connectivity index (χ1v) is 15.9. The first-order chi connectivity index (χ1) is 25.7. The first-order valence-electron chi connectivity index (χ1n) is 18.6. The average molecular weight is 611 g/mol. The van der Waals surface area contributed by atoms with Gasteiger partial charge in [-0.1, -0.05) is 127 Å². The zero-order chi connectivity index (χ0) is 36.5. The lowest BCUT2D eigenvalue weighted by Crippen LogP contribution is -2.10. The normalized spacial score (nSPS) is 13.6. The Labute approximate surface area is 282 Å². The number of hydrogen-bond donors (Lipinski definition) is 0. The lowest BCUT2D eigenvalue weighted by Gasteiger charge is -2.27. The van der Waals surface area contributed by atoms with E-state index in [1.807, 2.05) is 36.4 Å². The van der Waals surface area contributed by atoms with Crippen molar-refractivity contribution in [1.82, 2.24) is 0 Å². The molecule has 0 aliphatic rings. The Hall–Kier alpha value is -5.70. The molecule has 0 aliphatic heterocycles. The van der Waals surface area contributed by atoms with E-state index >= 15 is 0 Å². The fourth-order valence-corrected chi connectivity index (χ4v) is 7.46. The molecule has 0 N–H and O–H groups in total. The van der Waals surface area contributed by atoms with Gasteiger partial charge in [0.2, 0.25) is 0 Å². The number of nitrogens with zero attached hydrogens (tertiary/aromatic N) is 1. The van der Waals surface area contributed by atoms with E-state index < -0.39 is 18.1 Å². The van der Waals surface area contributed by atoms with Crippen LogP contribution in [0.4, 0.5) is 17.1 Å². The van der Waals surface area contributed by atoms with Crippen LogP contribution < -0.4 is 4.90 Å². The Bertz CT molecular complexity index is 2920. The van der Waals surface area contributed by atoms with Crippen molar-refractivity contribution >= 4 is 70.1 Å². The molecule has 9 aromatic rings. The fraction of sp³-hybridized carbons (Fsp3) is 0. The molecule has 0 fully saturated rings. The molecule has 0 unspecified atom stereocenters. The molecule has 1 aromatic heterocycles. The van der Waals surface area contributed by atoms with E-state index in [9.17, 15) is 0 Å². The van der Waals surface area contributed by atoms with Crippen LogP contribution in [0.15, 0.2) is 176 Å². The van der Waals surface area contributed by atoms with Gasteiger partial charge >= 0.3 is 0 Å². The van der Waals surface area contributed by atoms with Gasteiger partial charge in [-0.25, -0.2) is 0 Å². The topological polar surface area (TPSA) is 3.24 Å². The lowest BCUT2D eigenvalue weighted by molar-refractivity contribution is 1.30. The van der Waals surface area contributed by atoms with Crippen LogP contribution in [0.2, 0.25) is 0 Å². The van der Waals surface area contributed by atoms with Crippen LogP contribution >= 0.6 is 11.3 Å². The van der Waals surface area contributed by atoms with Crippen LogP contribution in [-0.4, -0.2) is 0 Å². The minimum absolute atomic E-state index is 0.0625. The Kier molecular flexibility index (Phi) is 4.88. The van der Waals surface area contributed by atoms with Crippen LogP contribution in [0.1, 0.15) is 9.60 Å². The summed E-state index contributed by atoms with van der Waals surface area (Å²) in [6, 6.07) is 42.7. The van der Waals surface area contributed by atoms with E-state index in [4.69, 9.17) is 9.60 Å². The molecular formula is C44H29NS. The highest BCUT2D eigenvalue weighted by Crippen LogP contribution is 2.42. The number of hydrogen-bond acceptors (Lipinski definition) is 2. The average Bonchev–Trinajstić information content (AvgIpc) is 3.57. The number of anilines is 3. The molecule has 0 bridgehead atoms. The van der Waals surface area contributed by atoms with Crippen LogP contribution in [0.3, 0.4) is 0 Å². The van der Waals surface area contributed by atoms with Gasteiger partial charge in [-0.15, -0.1) is 11.3 Å². The third-order valence-corrected chi connectivity index (χ3v) is 9.70. The highest BCUT2D eigenvalue weighted by molar-refractivity contribution is 7.25. The third kappa shape index (κ3) is 4.54. The predicted octanol–water partition coefficient (Wildman–Crippen LogP) is 13.2. The van der Waals surface area contributed by atoms with Gasteiger partial charge in [-0.05, 0) is 86.9 Å². The van der Waals surface area contributed by atoms with Crippen molar-refractivity contribution in [2.75, 3.05) is 4.90 Å². The summed E-state index contributed by atoms with van der Waals surface area (Å²) in [6.07, 6.45) is 0. The Balaban J connectivity index is 1.23. The van der Waals surface area contributed by atoms with Gasteiger partial charge in [0, 0.05) is 36.9 Å². The second kappa shape index (κ2) is 11.0. The maximum atomic E-state index is 8.98. The predicted molar refractivity (Wildman–Crippen MR) is 200 cm³/mol. The summed E-state index contributed by atoms with van der Waals surface area (Å²) in [7, 11) is 0. The SMILES string of the molecule is [2H]c1c([2H])c([2H])c2c(-c3cccc(N(c4ccc(-c5ccc6sc7ccccc7c6c5)cc4)c4cccc5ccccc45)c3)c([2H])c([2H])c([2H])c2c1[2H]. The van der Waals surface area contributed by atoms with Gasteiger partial charge < -0.3 is 4.90 Å². The number of benzene rings is 8. The van der Waals surface area contributed by atoms with Crippen LogP contribution in [0.5, 0.6) is 0 Å². The first kappa shape index (κ1) is 20.4. The molecule has 216 valence electrons. The monoisotopic (exact) mass is 610 g/mol. The second-order valence-corrected chi connectivity index (χ2v) is 12.3. The standard InChI is InChI=1S/C44H29NS/c1-3-16-37-31(10-1)12-8-19-38(37)34-14-7-15-36(28-34)45(42-20-9-13-32-11-2-4-17-39(32)42)35-25-22-30(23-26-35)33-24-27-44-41(29-33)40-18-5-6-21-43(40)46-44/h1-29H/i1D,3D,8D,10D,12D,16D,19D. The van der Waals surface area contributed by atoms with E-state index in [2.05, 4.69) is 95.9 Å². The molecule has 0 saturated carbocycles. The molecule has 46 heavy (non-hydrogen) atoms. The molecule has 0 spiro atoms. The van der Waals surface area contributed by atoms with E-state index in [1.54, 1.807) is 17.4 Å². The number of rotatable bonds is 5. The zero-order valence-electron chi connectivity index (χ0n) is 31.6. The minimum Gasteiger partial charge on any atom is -0.310 e. The van der Waals surface area contributed by atoms with Crippen molar-refractivity contribution in [2.45, 2.75) is 0 Å². The van der Waals surface area contributed by atoms with Crippen molar-refractivity contribution in [3.8, 4) is 22.3 Å². The van der Waals surface area contributed by atoms with Crippen molar-refractivity contribution in [1.29, 1.82) is 0 Å². The molecular weight excluding hydrogens is 575 g/mol. The fourth-order valence-electron chi connectivity index (χ4n) is 6.37. The molecule has 1 heterocycles. The largest absolute Gasteiger partial charge is 0.310 e. The van der Waals surface area contributed by atoms with E-state index in [0.717, 1.165) is 39.0 Å². The number of fused-ring (bicyclic) bond motifs is 5. The molecule has 0 aliphatic carbocycles. The summed E-state index contributed by atoms with van der Waals surface area (Å²) < 4.78 is 62.8. The van der Waals surface area contributed by atoms with Crippen molar-refractivity contribution in [3.63, 3.8) is 0 Å². The van der Waals surface area contributed by atoms with E-state index in [0.29, 0.717) is 5.56 Å². The summed E-state index contributed by atoms with van der Waals surface area (Å²) >= 11 is 1.80. The molecule has 1 nitrogen and oxygen atoms in total. The Morgan fingerprint density at radius 1 is 0.435 bits per heavy atom. The van der Waals surface area contributed by atoms with E-state index in [1.165, 1.54) is 20.2 Å². The van der Waals surface area contributed by atoms with E-state index in [-0.39, 0.29) is 40.5 Å². The minimum atomic E-state index is -0.470. The third-order valence-electron chi connectivity index (χ3n) is 8.55. The quantitative estimate of drug-likeness (QED) is 0.187. The molecule has 0 atom stereocenters. The Morgan fingerprint density at radius 3 is 2.11 bits per heavy atom. The van der Waals surface area contributed by atoms with Crippen molar-refractivity contribution in [3.05, 3.63) is 176 Å². The van der Waals surface area contributed by atoms with Gasteiger partial charge in [0.05, 0.1) is 15.3 Å². The number of thiophene rings is 1. The van der Waals surface area contributed by atoms with Gasteiger partial charge in [-0.3, -0.25) is 0 Å². The molecule has 2 heteroatoms. The summed E-state index contributed by atoms with van der Waals surface area (Å²) in [5.74, 6) is 0. The molecule has 0 saturated heterocycles. The zero-order valence-corrected chi connectivity index (χ0v) is 25.4. The highest BCUT2D eigenvalue weighted by atomic mass is 32.1. The smallest absolute Gasteiger partial charge is 0.0629 e. The van der Waals surface area contributed by atoms with Crippen molar-refractivity contribution < 1.29 is 9.60 Å². The van der Waals surface area contributed by atoms with Gasteiger partial charge in [0.15, 0.2) is 0 Å². The van der Waals surface area contributed by atoms with Crippen LogP contribution in [-0.2, 0) is 0 Å². The summed E-state index contributed by atoms with van der Waals surface area (Å²) in [4.78, 5) is 2.15. The van der Waals surface area contributed by atoms with Crippen LogP contribution in [0.25, 0.3) is 64.0 Å². The maximum absolute atomic E-state index is 8.98. The molecule has 9 rings (SSSR count). The van der Waals surface area contributed by atoms with Gasteiger partial charge in [-0.2, -0.15) is 0 Å². The molecule has 8 aromatic carbocycles. The maximum Gasteiger partial charge on any atom is 0.0629 e.